The van der Waals surface area contributed by atoms with Crippen LogP contribution in [0.15, 0.2) is 138 Å². The Morgan fingerprint density at radius 1 is 0.682 bits per heavy atom. The highest BCUT2D eigenvalue weighted by Crippen LogP contribution is 2.42. The molecule has 0 N–H and O–H groups in total. The van der Waals surface area contributed by atoms with Crippen molar-refractivity contribution in [3.05, 3.63) is 156 Å². The fraction of sp³-hybridized carbons (Fsp3) is 0.0556. The molecule has 5 aromatic carbocycles. The van der Waals surface area contributed by atoms with E-state index < -0.39 is 21.7 Å². The van der Waals surface area contributed by atoms with Gasteiger partial charge in [0.25, 0.3) is 15.9 Å². The van der Waals surface area contributed by atoms with E-state index in [0.717, 1.165) is 15.4 Å². The molecular formula is C36H28FN3O3S. The number of aryl methyl sites for hydroxylation is 2. The number of halogens is 1. The Balaban J connectivity index is 1.73. The molecule has 0 saturated carbocycles. The number of imidazole rings is 1. The van der Waals surface area contributed by atoms with E-state index in [-0.39, 0.29) is 22.2 Å². The van der Waals surface area contributed by atoms with Crippen LogP contribution in [0.3, 0.4) is 0 Å². The van der Waals surface area contributed by atoms with Crippen molar-refractivity contribution in [3.8, 4) is 22.6 Å². The SMILES string of the molecule is Cc1ccc(-c2nc(N(c3ccccc3)S(=O)(=O)c3ccc(C)cc3)c(-c3ccc(F)cc3)n2C(=O)c2ccccc2)cc1. The Morgan fingerprint density at radius 2 is 1.20 bits per heavy atom. The van der Waals surface area contributed by atoms with Gasteiger partial charge in [0.05, 0.1) is 10.6 Å². The van der Waals surface area contributed by atoms with E-state index in [1.54, 1.807) is 78.9 Å². The number of anilines is 2. The van der Waals surface area contributed by atoms with E-state index in [1.165, 1.54) is 28.8 Å². The zero-order chi connectivity index (χ0) is 30.8. The van der Waals surface area contributed by atoms with Crippen LogP contribution in [0, 0.1) is 19.7 Å². The van der Waals surface area contributed by atoms with Gasteiger partial charge < -0.3 is 0 Å². The summed E-state index contributed by atoms with van der Waals surface area (Å²) in [6.07, 6.45) is 0. The topological polar surface area (TPSA) is 72.3 Å². The molecule has 0 saturated heterocycles. The second kappa shape index (κ2) is 11.7. The first-order valence-corrected chi connectivity index (χ1v) is 15.4. The van der Waals surface area contributed by atoms with Crippen molar-refractivity contribution in [3.63, 3.8) is 0 Å². The number of carbonyl (C=O) groups excluding carboxylic acids is 1. The van der Waals surface area contributed by atoms with Gasteiger partial charge in [-0.15, -0.1) is 0 Å². The van der Waals surface area contributed by atoms with Crippen molar-refractivity contribution in [2.75, 3.05) is 4.31 Å². The third-order valence-electron chi connectivity index (χ3n) is 7.25. The van der Waals surface area contributed by atoms with E-state index >= 15 is 0 Å². The highest BCUT2D eigenvalue weighted by molar-refractivity contribution is 7.93. The fourth-order valence-electron chi connectivity index (χ4n) is 4.97. The number of aromatic nitrogens is 2. The Hall–Kier alpha value is -5.34. The summed E-state index contributed by atoms with van der Waals surface area (Å²) in [5.74, 6) is -0.641. The number of hydrogen-bond donors (Lipinski definition) is 0. The van der Waals surface area contributed by atoms with Gasteiger partial charge in [-0.25, -0.2) is 22.1 Å². The minimum Gasteiger partial charge on any atom is -0.268 e. The van der Waals surface area contributed by atoms with Gasteiger partial charge in [-0.3, -0.25) is 9.36 Å². The van der Waals surface area contributed by atoms with Gasteiger partial charge in [0.2, 0.25) is 0 Å². The van der Waals surface area contributed by atoms with Gasteiger partial charge in [-0.05, 0) is 74.5 Å². The quantitative estimate of drug-likeness (QED) is 0.185. The maximum Gasteiger partial charge on any atom is 0.269 e. The van der Waals surface area contributed by atoms with Crippen molar-refractivity contribution in [1.82, 2.24) is 9.55 Å². The van der Waals surface area contributed by atoms with Crippen LogP contribution in [0.1, 0.15) is 21.5 Å². The first kappa shape index (κ1) is 28.8. The average molecular weight is 602 g/mol. The van der Waals surface area contributed by atoms with Crippen molar-refractivity contribution < 1.29 is 17.6 Å². The lowest BCUT2D eigenvalue weighted by Crippen LogP contribution is -2.27. The zero-order valence-electron chi connectivity index (χ0n) is 24.1. The van der Waals surface area contributed by atoms with Crippen molar-refractivity contribution in [2.45, 2.75) is 18.7 Å². The summed E-state index contributed by atoms with van der Waals surface area (Å²) in [5, 5.41) is 0. The molecule has 0 unspecified atom stereocenters. The van der Waals surface area contributed by atoms with Gasteiger partial charge in [-0.2, -0.15) is 0 Å². The fourth-order valence-corrected chi connectivity index (χ4v) is 6.42. The Labute approximate surface area is 255 Å². The van der Waals surface area contributed by atoms with Crippen molar-refractivity contribution >= 4 is 27.4 Å². The Kier molecular flexibility index (Phi) is 7.67. The van der Waals surface area contributed by atoms with Crippen molar-refractivity contribution in [1.29, 1.82) is 0 Å². The Bertz CT molecular complexity index is 2040. The number of rotatable bonds is 7. The standard InChI is InChI=1S/C36H28FN3O3S/c1-25-13-17-28(18-14-25)34-38-35(40(31-11-7-4-8-12-31)44(42,43)32-23-15-26(2)16-24-32)33(27-19-21-30(37)22-20-27)39(34)36(41)29-9-5-3-6-10-29/h3-24H,1-2H3. The van der Waals surface area contributed by atoms with E-state index in [9.17, 15) is 17.6 Å². The summed E-state index contributed by atoms with van der Waals surface area (Å²) in [4.78, 5) is 19.4. The second-order valence-electron chi connectivity index (χ2n) is 10.4. The number of para-hydroxylation sites is 1. The molecule has 6 nitrogen and oxygen atoms in total. The van der Waals surface area contributed by atoms with Crippen LogP contribution in [0.5, 0.6) is 0 Å². The monoisotopic (exact) mass is 601 g/mol. The zero-order valence-corrected chi connectivity index (χ0v) is 24.9. The maximum atomic E-state index is 14.6. The molecular weight excluding hydrogens is 573 g/mol. The molecule has 0 radical (unpaired) electrons. The number of nitrogens with zero attached hydrogens (tertiary/aromatic N) is 3. The largest absolute Gasteiger partial charge is 0.269 e. The summed E-state index contributed by atoms with van der Waals surface area (Å²) >= 11 is 0. The predicted octanol–water partition coefficient (Wildman–Crippen LogP) is 8.19. The molecule has 0 aliphatic heterocycles. The number of hydrogen-bond acceptors (Lipinski definition) is 4. The molecule has 218 valence electrons. The van der Waals surface area contributed by atoms with Crippen LogP contribution in [0.2, 0.25) is 0 Å². The van der Waals surface area contributed by atoms with Crippen LogP contribution in [-0.2, 0) is 10.0 Å². The van der Waals surface area contributed by atoms with E-state index in [2.05, 4.69) is 0 Å². The van der Waals surface area contributed by atoms with Crippen molar-refractivity contribution in [2.24, 2.45) is 0 Å². The normalized spacial score (nSPS) is 11.3. The van der Waals surface area contributed by atoms with Crippen LogP contribution >= 0.6 is 0 Å². The minimum atomic E-state index is -4.27. The van der Waals surface area contributed by atoms with Crippen LogP contribution < -0.4 is 4.31 Å². The lowest BCUT2D eigenvalue weighted by molar-refractivity contribution is 0.0963. The van der Waals surface area contributed by atoms with Gasteiger partial charge >= 0.3 is 0 Å². The molecule has 0 aliphatic rings. The van der Waals surface area contributed by atoms with E-state index in [4.69, 9.17) is 4.98 Å². The lowest BCUT2D eigenvalue weighted by atomic mass is 10.1. The molecule has 0 amide bonds. The average Bonchev–Trinajstić information content (AvgIpc) is 3.42. The molecule has 0 fully saturated rings. The molecule has 0 bridgehead atoms. The molecule has 6 aromatic rings. The Morgan fingerprint density at radius 3 is 1.80 bits per heavy atom. The number of benzene rings is 5. The molecule has 0 spiro atoms. The molecule has 44 heavy (non-hydrogen) atoms. The number of sulfonamides is 1. The molecule has 1 heterocycles. The summed E-state index contributed by atoms with van der Waals surface area (Å²) < 4.78 is 45.9. The van der Waals surface area contributed by atoms with Crippen LogP contribution in [0.4, 0.5) is 15.9 Å². The van der Waals surface area contributed by atoms with Crippen LogP contribution in [-0.4, -0.2) is 23.9 Å². The molecule has 0 atom stereocenters. The summed E-state index contributed by atoms with van der Waals surface area (Å²) in [7, 11) is -4.27. The van der Waals surface area contributed by atoms with Crippen LogP contribution in [0.25, 0.3) is 22.6 Å². The summed E-state index contributed by atoms with van der Waals surface area (Å²) in [6, 6.07) is 36.9. The second-order valence-corrected chi connectivity index (χ2v) is 12.2. The molecule has 8 heteroatoms. The first-order valence-electron chi connectivity index (χ1n) is 14.0. The van der Waals surface area contributed by atoms with E-state index in [0.29, 0.717) is 22.4 Å². The third-order valence-corrected chi connectivity index (χ3v) is 8.98. The van der Waals surface area contributed by atoms with Gasteiger partial charge in [0.15, 0.2) is 5.82 Å². The van der Waals surface area contributed by atoms with Gasteiger partial charge in [0.1, 0.15) is 17.3 Å². The molecule has 1 aromatic heterocycles. The smallest absolute Gasteiger partial charge is 0.268 e. The highest BCUT2D eigenvalue weighted by Gasteiger charge is 2.35. The first-order chi connectivity index (χ1) is 21.2. The maximum absolute atomic E-state index is 14.6. The minimum absolute atomic E-state index is 0.00300. The lowest BCUT2D eigenvalue weighted by Gasteiger charge is -2.24. The summed E-state index contributed by atoms with van der Waals surface area (Å²) in [6.45, 7) is 3.83. The number of carbonyl (C=O) groups is 1. The van der Waals surface area contributed by atoms with Gasteiger partial charge in [-0.1, -0.05) is 83.9 Å². The summed E-state index contributed by atoms with van der Waals surface area (Å²) in [5.41, 5.74) is 3.83. The predicted molar refractivity (Wildman–Crippen MR) is 171 cm³/mol. The third kappa shape index (κ3) is 5.43. The van der Waals surface area contributed by atoms with E-state index in [1.807, 2.05) is 44.2 Å². The molecule has 6 rings (SSSR count). The highest BCUT2D eigenvalue weighted by atomic mass is 32.2. The van der Waals surface area contributed by atoms with Gasteiger partial charge in [0, 0.05) is 16.7 Å². The molecule has 0 aliphatic carbocycles.